The molecule has 100 valence electrons. The Morgan fingerprint density at radius 3 is 2.78 bits per heavy atom. The van der Waals surface area contributed by atoms with E-state index in [1.54, 1.807) is 6.92 Å². The third kappa shape index (κ3) is 4.11. The summed E-state index contributed by atoms with van der Waals surface area (Å²) in [5, 5.41) is 2.03. The Bertz CT molecular complexity index is 435. The SMILES string of the molecule is CCOC(=O)c1cc(N)cnc1NCC(F)(F)F. The van der Waals surface area contributed by atoms with E-state index in [4.69, 9.17) is 10.5 Å². The summed E-state index contributed by atoms with van der Waals surface area (Å²) >= 11 is 0. The first kappa shape index (κ1) is 14.1. The van der Waals surface area contributed by atoms with Gasteiger partial charge in [0.2, 0.25) is 0 Å². The highest BCUT2D eigenvalue weighted by Gasteiger charge is 2.28. The normalized spacial score (nSPS) is 11.1. The molecule has 8 heteroatoms. The quantitative estimate of drug-likeness (QED) is 0.810. The molecule has 1 heterocycles. The number of nitrogens with two attached hydrogens (primary N) is 1. The highest BCUT2D eigenvalue weighted by molar-refractivity contribution is 5.95. The lowest BCUT2D eigenvalue weighted by Crippen LogP contribution is -2.23. The van der Waals surface area contributed by atoms with Gasteiger partial charge < -0.3 is 15.8 Å². The zero-order chi connectivity index (χ0) is 13.8. The van der Waals surface area contributed by atoms with E-state index in [0.29, 0.717) is 0 Å². The van der Waals surface area contributed by atoms with Crippen molar-refractivity contribution in [3.05, 3.63) is 17.8 Å². The molecule has 0 radical (unpaired) electrons. The van der Waals surface area contributed by atoms with E-state index in [9.17, 15) is 18.0 Å². The number of hydrogen-bond acceptors (Lipinski definition) is 5. The molecule has 0 aromatic carbocycles. The lowest BCUT2D eigenvalue weighted by atomic mass is 10.2. The minimum atomic E-state index is -4.41. The van der Waals surface area contributed by atoms with Crippen LogP contribution >= 0.6 is 0 Å². The molecule has 5 nitrogen and oxygen atoms in total. The van der Waals surface area contributed by atoms with Crippen LogP contribution in [0.5, 0.6) is 0 Å². The van der Waals surface area contributed by atoms with Crippen LogP contribution in [0.15, 0.2) is 12.3 Å². The number of nitrogens with one attached hydrogen (secondary N) is 1. The van der Waals surface area contributed by atoms with Crippen molar-refractivity contribution in [1.29, 1.82) is 0 Å². The fourth-order valence-corrected chi connectivity index (χ4v) is 1.17. The monoisotopic (exact) mass is 263 g/mol. The van der Waals surface area contributed by atoms with Gasteiger partial charge in [0.05, 0.1) is 18.5 Å². The summed E-state index contributed by atoms with van der Waals surface area (Å²) in [6.07, 6.45) is -3.25. The first-order valence-electron chi connectivity index (χ1n) is 5.06. The molecule has 0 saturated carbocycles. The average Bonchev–Trinajstić information content (AvgIpc) is 2.26. The van der Waals surface area contributed by atoms with Crippen molar-refractivity contribution in [2.45, 2.75) is 13.1 Å². The van der Waals surface area contributed by atoms with Crippen molar-refractivity contribution in [1.82, 2.24) is 4.98 Å². The molecule has 0 aliphatic carbocycles. The second kappa shape index (κ2) is 5.56. The van der Waals surface area contributed by atoms with E-state index in [0.717, 1.165) is 6.20 Å². The predicted molar refractivity (Wildman–Crippen MR) is 59.2 cm³/mol. The van der Waals surface area contributed by atoms with Crippen LogP contribution in [-0.2, 0) is 4.74 Å². The summed E-state index contributed by atoms with van der Waals surface area (Å²) in [7, 11) is 0. The number of halogens is 3. The fourth-order valence-electron chi connectivity index (χ4n) is 1.17. The number of aromatic nitrogens is 1. The molecule has 0 bridgehead atoms. The molecule has 18 heavy (non-hydrogen) atoms. The molecular weight excluding hydrogens is 251 g/mol. The van der Waals surface area contributed by atoms with Gasteiger partial charge in [-0.3, -0.25) is 0 Å². The Morgan fingerprint density at radius 1 is 1.56 bits per heavy atom. The van der Waals surface area contributed by atoms with E-state index in [-0.39, 0.29) is 23.7 Å². The largest absolute Gasteiger partial charge is 0.462 e. The summed E-state index contributed by atoms with van der Waals surface area (Å²) in [5.41, 5.74) is 5.46. The minimum Gasteiger partial charge on any atom is -0.462 e. The van der Waals surface area contributed by atoms with Crippen LogP contribution in [0.2, 0.25) is 0 Å². The summed E-state index contributed by atoms with van der Waals surface area (Å²) < 4.78 is 40.9. The van der Waals surface area contributed by atoms with E-state index >= 15 is 0 Å². The number of pyridine rings is 1. The van der Waals surface area contributed by atoms with E-state index in [1.165, 1.54) is 6.07 Å². The van der Waals surface area contributed by atoms with Gasteiger partial charge in [-0.25, -0.2) is 9.78 Å². The van der Waals surface area contributed by atoms with Gasteiger partial charge in [0.25, 0.3) is 0 Å². The molecule has 0 amide bonds. The number of alkyl halides is 3. The number of rotatable bonds is 4. The molecule has 1 aromatic heterocycles. The number of hydrogen-bond donors (Lipinski definition) is 2. The predicted octanol–water partition coefficient (Wildman–Crippen LogP) is 1.81. The zero-order valence-electron chi connectivity index (χ0n) is 9.54. The lowest BCUT2D eigenvalue weighted by molar-refractivity contribution is -0.115. The van der Waals surface area contributed by atoms with Crippen LogP contribution < -0.4 is 11.1 Å². The van der Waals surface area contributed by atoms with E-state index in [2.05, 4.69) is 4.98 Å². The van der Waals surface area contributed by atoms with Crippen LogP contribution in [0.1, 0.15) is 17.3 Å². The van der Waals surface area contributed by atoms with E-state index < -0.39 is 18.7 Å². The third-order valence-electron chi connectivity index (χ3n) is 1.86. The maximum Gasteiger partial charge on any atom is 0.405 e. The number of carbonyl (C=O) groups is 1. The smallest absolute Gasteiger partial charge is 0.405 e. The van der Waals surface area contributed by atoms with Crippen LogP contribution in [0.3, 0.4) is 0 Å². The van der Waals surface area contributed by atoms with Crippen molar-refractivity contribution in [2.24, 2.45) is 0 Å². The molecule has 1 rings (SSSR count). The van der Waals surface area contributed by atoms with Crippen LogP contribution in [0.25, 0.3) is 0 Å². The number of ether oxygens (including phenoxy) is 1. The van der Waals surface area contributed by atoms with Gasteiger partial charge in [-0.2, -0.15) is 13.2 Å². The molecule has 0 fully saturated rings. The summed E-state index contributed by atoms with van der Waals surface area (Å²) in [5.74, 6) is -0.984. The van der Waals surface area contributed by atoms with Crippen molar-refractivity contribution in [2.75, 3.05) is 24.2 Å². The second-order valence-corrected chi connectivity index (χ2v) is 3.35. The van der Waals surface area contributed by atoms with Crippen molar-refractivity contribution in [3.8, 4) is 0 Å². The number of nitrogen functional groups attached to an aromatic ring is 1. The maximum atomic E-state index is 12.1. The molecule has 3 N–H and O–H groups in total. The fraction of sp³-hybridized carbons (Fsp3) is 0.400. The highest BCUT2D eigenvalue weighted by Crippen LogP contribution is 2.20. The average molecular weight is 263 g/mol. The van der Waals surface area contributed by atoms with Crippen LogP contribution in [0, 0.1) is 0 Å². The minimum absolute atomic E-state index is 0.104. The van der Waals surface area contributed by atoms with Crippen molar-refractivity contribution >= 4 is 17.5 Å². The van der Waals surface area contributed by atoms with Gasteiger partial charge in [-0.15, -0.1) is 0 Å². The highest BCUT2D eigenvalue weighted by atomic mass is 19.4. The third-order valence-corrected chi connectivity index (χ3v) is 1.86. The summed E-state index contributed by atoms with van der Waals surface area (Å²) in [6, 6.07) is 1.21. The molecule has 0 spiro atoms. The van der Waals surface area contributed by atoms with Gasteiger partial charge in [0.1, 0.15) is 17.9 Å². The van der Waals surface area contributed by atoms with Gasteiger partial charge in [0, 0.05) is 0 Å². The van der Waals surface area contributed by atoms with Gasteiger partial charge >= 0.3 is 12.1 Å². The summed E-state index contributed by atoms with van der Waals surface area (Å²) in [4.78, 5) is 15.2. The number of nitrogens with zero attached hydrogens (tertiary/aromatic N) is 1. The Hall–Kier alpha value is -1.99. The van der Waals surface area contributed by atoms with Gasteiger partial charge in [0.15, 0.2) is 0 Å². The molecule has 0 saturated heterocycles. The molecular formula is C10H12F3N3O2. The van der Waals surface area contributed by atoms with E-state index in [1.807, 2.05) is 5.32 Å². The van der Waals surface area contributed by atoms with Gasteiger partial charge in [-0.05, 0) is 13.0 Å². The first-order chi connectivity index (χ1) is 8.33. The van der Waals surface area contributed by atoms with Crippen LogP contribution in [-0.4, -0.2) is 30.3 Å². The Balaban J connectivity index is 2.93. The zero-order valence-corrected chi connectivity index (χ0v) is 9.54. The van der Waals surface area contributed by atoms with Gasteiger partial charge in [-0.1, -0.05) is 0 Å². The molecule has 1 aromatic rings. The summed E-state index contributed by atoms with van der Waals surface area (Å²) in [6.45, 7) is 0.392. The number of anilines is 2. The Kier molecular flexibility index (Phi) is 4.35. The number of esters is 1. The molecule has 0 unspecified atom stereocenters. The molecule has 0 atom stereocenters. The van der Waals surface area contributed by atoms with Crippen molar-refractivity contribution < 1.29 is 22.7 Å². The standard InChI is InChI=1S/C10H12F3N3O2/c1-2-18-9(17)7-3-6(14)4-15-8(7)16-5-10(11,12)13/h3-4H,2,5,14H2,1H3,(H,15,16). The first-order valence-corrected chi connectivity index (χ1v) is 5.06. The molecule has 0 aliphatic heterocycles. The topological polar surface area (TPSA) is 77.2 Å². The van der Waals surface area contributed by atoms with Crippen molar-refractivity contribution in [3.63, 3.8) is 0 Å². The maximum absolute atomic E-state index is 12.1. The number of carbonyl (C=O) groups excluding carboxylic acids is 1. The van der Waals surface area contributed by atoms with Crippen LogP contribution in [0.4, 0.5) is 24.7 Å². The second-order valence-electron chi connectivity index (χ2n) is 3.35. The Morgan fingerprint density at radius 2 is 2.22 bits per heavy atom. The Labute approximate surface area is 101 Å². The molecule has 0 aliphatic rings. The lowest BCUT2D eigenvalue weighted by Gasteiger charge is -2.12.